The van der Waals surface area contributed by atoms with Gasteiger partial charge in [0.2, 0.25) is 0 Å². The summed E-state index contributed by atoms with van der Waals surface area (Å²) in [4.78, 5) is 30.2. The van der Waals surface area contributed by atoms with Crippen LogP contribution in [0.3, 0.4) is 0 Å². The van der Waals surface area contributed by atoms with Crippen molar-refractivity contribution in [3.05, 3.63) is 46.5 Å². The third kappa shape index (κ3) is 5.05. The number of aliphatic hydroxyl groups is 2. The number of pyridine rings is 1. The van der Waals surface area contributed by atoms with E-state index in [-0.39, 0.29) is 23.6 Å². The van der Waals surface area contributed by atoms with E-state index >= 15 is 0 Å². The first-order chi connectivity index (χ1) is 16.6. The third-order valence-corrected chi connectivity index (χ3v) is 6.12. The SMILES string of the molecule is CNc1cc(Nc2cccn(C3CCC3)c2=O)nc2c(C(=O)NC3CCC3)cnn12.CO.CO. The molecule has 1 amide bonds. The van der Waals surface area contributed by atoms with E-state index in [1.54, 1.807) is 28.3 Å². The van der Waals surface area contributed by atoms with Crippen LogP contribution in [0.1, 0.15) is 54.9 Å². The average molecular weight is 472 g/mol. The zero-order chi connectivity index (χ0) is 24.7. The molecular weight excluding hydrogens is 438 g/mol. The lowest BCUT2D eigenvalue weighted by Gasteiger charge is -2.27. The molecule has 0 unspecified atom stereocenters. The number of hydrogen-bond donors (Lipinski definition) is 5. The molecule has 0 aliphatic heterocycles. The summed E-state index contributed by atoms with van der Waals surface area (Å²) in [7, 11) is 3.78. The Kier molecular flexibility index (Phi) is 8.61. The van der Waals surface area contributed by atoms with Crippen LogP contribution >= 0.6 is 0 Å². The van der Waals surface area contributed by atoms with Crippen LogP contribution in [0.4, 0.5) is 17.3 Å². The maximum absolute atomic E-state index is 12.9. The molecule has 0 aromatic carbocycles. The van der Waals surface area contributed by atoms with Gasteiger partial charge in [0, 0.05) is 45.6 Å². The molecule has 5 N–H and O–H groups in total. The fourth-order valence-electron chi connectivity index (χ4n) is 3.88. The Morgan fingerprint density at radius 1 is 1.12 bits per heavy atom. The quantitative estimate of drug-likeness (QED) is 0.366. The minimum absolute atomic E-state index is 0.0636. The largest absolute Gasteiger partial charge is 0.400 e. The molecule has 3 aromatic rings. The van der Waals surface area contributed by atoms with E-state index in [9.17, 15) is 9.59 Å². The van der Waals surface area contributed by atoms with E-state index in [4.69, 9.17) is 10.2 Å². The zero-order valence-electron chi connectivity index (χ0n) is 19.8. The molecule has 184 valence electrons. The highest BCUT2D eigenvalue weighted by Crippen LogP contribution is 2.30. The van der Waals surface area contributed by atoms with Gasteiger partial charge in [0.05, 0.1) is 6.20 Å². The number of hydrogen-bond acceptors (Lipinski definition) is 8. The number of nitrogens with one attached hydrogen (secondary N) is 3. The van der Waals surface area contributed by atoms with Gasteiger partial charge in [0.1, 0.15) is 22.9 Å². The Bertz CT molecular complexity index is 1170. The van der Waals surface area contributed by atoms with Crippen molar-refractivity contribution in [2.75, 3.05) is 31.9 Å². The van der Waals surface area contributed by atoms with Gasteiger partial charge in [0.15, 0.2) is 5.65 Å². The normalized spacial score (nSPS) is 15.1. The number of rotatable bonds is 6. The average Bonchev–Trinajstić information content (AvgIpc) is 3.24. The number of amides is 1. The van der Waals surface area contributed by atoms with Crippen LogP contribution in [0.5, 0.6) is 0 Å². The van der Waals surface area contributed by atoms with Crippen LogP contribution in [-0.4, -0.2) is 62.6 Å². The lowest BCUT2D eigenvalue weighted by atomic mass is 9.93. The highest BCUT2D eigenvalue weighted by molar-refractivity contribution is 6.00. The number of anilines is 3. The maximum atomic E-state index is 12.9. The molecule has 0 radical (unpaired) electrons. The summed E-state index contributed by atoms with van der Waals surface area (Å²) in [6, 6.07) is 5.90. The molecule has 0 bridgehead atoms. The van der Waals surface area contributed by atoms with Crippen molar-refractivity contribution in [1.29, 1.82) is 0 Å². The molecule has 2 fully saturated rings. The number of aliphatic hydroxyl groups excluding tert-OH is 2. The molecule has 3 aromatic heterocycles. The molecule has 0 saturated heterocycles. The van der Waals surface area contributed by atoms with Crippen LogP contribution in [0, 0.1) is 0 Å². The summed E-state index contributed by atoms with van der Waals surface area (Å²) in [5, 5.41) is 27.6. The minimum atomic E-state index is -0.173. The Morgan fingerprint density at radius 3 is 2.41 bits per heavy atom. The number of nitrogens with zero attached hydrogens (tertiary/aromatic N) is 4. The fraction of sp³-hybridized carbons (Fsp3) is 0.478. The lowest BCUT2D eigenvalue weighted by Crippen LogP contribution is -2.39. The van der Waals surface area contributed by atoms with E-state index in [2.05, 4.69) is 26.0 Å². The first-order valence-electron chi connectivity index (χ1n) is 11.4. The molecule has 3 heterocycles. The Morgan fingerprint density at radius 2 is 1.82 bits per heavy atom. The number of fused-ring (bicyclic) bond motifs is 1. The molecular formula is C23H33N7O4. The molecule has 11 heteroatoms. The van der Waals surface area contributed by atoms with Crippen molar-refractivity contribution >= 4 is 28.9 Å². The molecule has 2 saturated carbocycles. The van der Waals surface area contributed by atoms with Crippen LogP contribution in [-0.2, 0) is 0 Å². The molecule has 2 aliphatic rings. The number of carbonyl (C=O) groups is 1. The van der Waals surface area contributed by atoms with Gasteiger partial charge in [-0.15, -0.1) is 0 Å². The standard InChI is InChI=1S/C21H25N7O2.2CH4O/c1-22-18-11-17(25-16-9-4-10-27(21(16)30)14-7-3-8-14)26-19-15(12-23-28(18)19)20(29)24-13-5-2-6-13;2*1-2/h4,9-14,22H,2-3,5-8H2,1H3,(H,24,29)(H,25,26);2*2H,1H3. The van der Waals surface area contributed by atoms with Crippen LogP contribution in [0.25, 0.3) is 5.65 Å². The minimum Gasteiger partial charge on any atom is -0.400 e. The van der Waals surface area contributed by atoms with Gasteiger partial charge in [-0.05, 0) is 50.7 Å². The van der Waals surface area contributed by atoms with Crippen molar-refractivity contribution in [3.8, 4) is 0 Å². The second-order valence-corrected chi connectivity index (χ2v) is 8.02. The van der Waals surface area contributed by atoms with E-state index in [1.165, 1.54) is 6.20 Å². The first-order valence-corrected chi connectivity index (χ1v) is 11.4. The summed E-state index contributed by atoms with van der Waals surface area (Å²) < 4.78 is 3.39. The van der Waals surface area contributed by atoms with E-state index in [0.717, 1.165) is 52.7 Å². The van der Waals surface area contributed by atoms with Gasteiger partial charge < -0.3 is 30.7 Å². The maximum Gasteiger partial charge on any atom is 0.274 e. The first kappa shape index (κ1) is 25.2. The molecule has 34 heavy (non-hydrogen) atoms. The fourth-order valence-corrected chi connectivity index (χ4v) is 3.88. The van der Waals surface area contributed by atoms with Crippen molar-refractivity contribution in [1.82, 2.24) is 24.5 Å². The summed E-state index contributed by atoms with van der Waals surface area (Å²) in [5.74, 6) is 0.974. The van der Waals surface area contributed by atoms with Gasteiger partial charge >= 0.3 is 0 Å². The van der Waals surface area contributed by atoms with E-state index < -0.39 is 0 Å². The highest BCUT2D eigenvalue weighted by Gasteiger charge is 2.24. The second-order valence-electron chi connectivity index (χ2n) is 8.02. The highest BCUT2D eigenvalue weighted by atomic mass is 16.2. The van der Waals surface area contributed by atoms with Gasteiger partial charge in [-0.2, -0.15) is 9.61 Å². The predicted molar refractivity (Wildman–Crippen MR) is 131 cm³/mol. The Labute approximate surface area is 197 Å². The number of aromatic nitrogens is 4. The summed E-state index contributed by atoms with van der Waals surface area (Å²) in [6.45, 7) is 0. The van der Waals surface area contributed by atoms with Gasteiger partial charge in [-0.3, -0.25) is 9.59 Å². The lowest BCUT2D eigenvalue weighted by molar-refractivity contribution is 0.0918. The van der Waals surface area contributed by atoms with Gasteiger partial charge in [0.25, 0.3) is 11.5 Å². The summed E-state index contributed by atoms with van der Waals surface area (Å²) in [5.41, 5.74) is 1.26. The van der Waals surface area contributed by atoms with Crippen molar-refractivity contribution < 1.29 is 15.0 Å². The monoisotopic (exact) mass is 471 g/mol. The third-order valence-electron chi connectivity index (χ3n) is 6.12. The predicted octanol–water partition coefficient (Wildman–Crippen LogP) is 1.90. The van der Waals surface area contributed by atoms with Crippen LogP contribution in [0.15, 0.2) is 35.4 Å². The van der Waals surface area contributed by atoms with Gasteiger partial charge in [-0.25, -0.2) is 4.98 Å². The molecule has 2 aliphatic carbocycles. The van der Waals surface area contributed by atoms with Crippen LogP contribution < -0.4 is 21.5 Å². The van der Waals surface area contributed by atoms with Crippen molar-refractivity contribution in [3.63, 3.8) is 0 Å². The topological polar surface area (TPSA) is 146 Å². The molecule has 11 nitrogen and oxygen atoms in total. The second kappa shape index (κ2) is 11.6. The summed E-state index contributed by atoms with van der Waals surface area (Å²) >= 11 is 0. The number of carbonyl (C=O) groups excluding carboxylic acids is 1. The Hall–Kier alpha value is -3.44. The van der Waals surface area contributed by atoms with Crippen molar-refractivity contribution in [2.24, 2.45) is 0 Å². The zero-order valence-corrected chi connectivity index (χ0v) is 19.8. The molecule has 0 atom stereocenters. The van der Waals surface area contributed by atoms with Crippen molar-refractivity contribution in [2.45, 2.75) is 50.6 Å². The van der Waals surface area contributed by atoms with Crippen LogP contribution in [0.2, 0.25) is 0 Å². The molecule has 5 rings (SSSR count). The van der Waals surface area contributed by atoms with Gasteiger partial charge in [-0.1, -0.05) is 0 Å². The Balaban J connectivity index is 0.000000771. The van der Waals surface area contributed by atoms with E-state index in [0.29, 0.717) is 28.5 Å². The smallest absolute Gasteiger partial charge is 0.274 e. The summed E-state index contributed by atoms with van der Waals surface area (Å²) in [6.07, 6.45) is 9.76. The molecule has 0 spiro atoms. The van der Waals surface area contributed by atoms with E-state index in [1.807, 2.05) is 12.3 Å².